The van der Waals surface area contributed by atoms with E-state index in [-0.39, 0.29) is 12.1 Å². The van der Waals surface area contributed by atoms with Crippen LogP contribution in [0, 0.1) is 0 Å². The Labute approximate surface area is 144 Å². The van der Waals surface area contributed by atoms with Crippen LogP contribution in [0.15, 0.2) is 24.3 Å². The molecule has 0 bridgehead atoms. The highest BCUT2D eigenvalue weighted by Crippen LogP contribution is 2.34. The molecule has 0 saturated carbocycles. The van der Waals surface area contributed by atoms with Crippen molar-refractivity contribution in [3.05, 3.63) is 35.4 Å². The molecule has 24 heavy (non-hydrogen) atoms. The van der Waals surface area contributed by atoms with Gasteiger partial charge >= 0.3 is 6.03 Å². The number of carbonyl (C=O) groups excluding carboxylic acids is 1. The molecule has 1 fully saturated rings. The van der Waals surface area contributed by atoms with Gasteiger partial charge in [0.15, 0.2) is 0 Å². The van der Waals surface area contributed by atoms with Crippen LogP contribution in [0.5, 0.6) is 0 Å². The molecular formula is C19H29N3O2. The van der Waals surface area contributed by atoms with Crippen LogP contribution >= 0.6 is 0 Å². The van der Waals surface area contributed by atoms with Crippen molar-refractivity contribution in [3.8, 4) is 0 Å². The van der Waals surface area contributed by atoms with Crippen molar-refractivity contribution < 1.29 is 9.90 Å². The fourth-order valence-electron chi connectivity index (χ4n) is 3.88. The maximum absolute atomic E-state index is 12.5. The number of nitrogens with zero attached hydrogens (tertiary/aromatic N) is 2. The van der Waals surface area contributed by atoms with Gasteiger partial charge in [-0.15, -0.1) is 0 Å². The van der Waals surface area contributed by atoms with Gasteiger partial charge in [0.1, 0.15) is 0 Å². The summed E-state index contributed by atoms with van der Waals surface area (Å²) in [6, 6.07) is 8.66. The molecule has 132 valence electrons. The van der Waals surface area contributed by atoms with Gasteiger partial charge in [-0.3, -0.25) is 4.90 Å². The zero-order valence-electron chi connectivity index (χ0n) is 15.0. The molecule has 1 aromatic carbocycles. The number of β-amino-alcohol motifs (C(OH)–C–C–N with tert-alkyl or cyclic N) is 1. The molecule has 1 aromatic rings. The van der Waals surface area contributed by atoms with Crippen LogP contribution in [0.2, 0.25) is 0 Å². The Bertz CT molecular complexity index is 597. The molecule has 0 radical (unpaired) electrons. The van der Waals surface area contributed by atoms with E-state index in [1.165, 1.54) is 11.1 Å². The summed E-state index contributed by atoms with van der Waals surface area (Å²) in [6.45, 7) is 9.43. The maximum Gasteiger partial charge on any atom is 0.317 e. The number of fused-ring (bicyclic) bond motifs is 1. The molecule has 1 heterocycles. The minimum absolute atomic E-state index is 0.0368. The standard InChI is InChI=1S/C19H29N3O2/c1-14-12-21(13-19(2,3)24)8-9-22(14)18(23)20-11-16-10-15-6-4-5-7-17(15)16/h4-7,14,16,24H,8-13H2,1-3H3,(H,20,23)/t14-,16+/m1/s1. The van der Waals surface area contributed by atoms with Gasteiger partial charge in [0.25, 0.3) is 0 Å². The SMILES string of the molecule is C[C@@H]1CN(CC(C)(C)O)CCN1C(=O)NC[C@@H]1Cc2ccccc21. The number of benzene rings is 1. The van der Waals surface area contributed by atoms with E-state index in [1.54, 1.807) is 0 Å². The van der Waals surface area contributed by atoms with Crippen molar-refractivity contribution in [1.29, 1.82) is 0 Å². The van der Waals surface area contributed by atoms with Crippen molar-refractivity contribution in [2.75, 3.05) is 32.7 Å². The molecule has 0 spiro atoms. The van der Waals surface area contributed by atoms with Crippen LogP contribution in [0.3, 0.4) is 0 Å². The first-order chi connectivity index (χ1) is 11.3. The Morgan fingerprint density at radius 3 is 2.75 bits per heavy atom. The van der Waals surface area contributed by atoms with Gasteiger partial charge in [0, 0.05) is 44.7 Å². The smallest absolute Gasteiger partial charge is 0.317 e. The molecule has 2 aliphatic rings. The van der Waals surface area contributed by atoms with Gasteiger partial charge < -0.3 is 15.3 Å². The lowest BCUT2D eigenvalue weighted by molar-refractivity contribution is 0.0119. The predicted octanol–water partition coefficient (Wildman–Crippen LogP) is 1.81. The molecule has 2 N–H and O–H groups in total. The van der Waals surface area contributed by atoms with Gasteiger partial charge in [-0.2, -0.15) is 0 Å². The van der Waals surface area contributed by atoms with Crippen LogP contribution in [-0.4, -0.2) is 65.3 Å². The minimum Gasteiger partial charge on any atom is -0.389 e. The topological polar surface area (TPSA) is 55.8 Å². The first kappa shape index (κ1) is 17.2. The van der Waals surface area contributed by atoms with E-state index < -0.39 is 5.60 Å². The highest BCUT2D eigenvalue weighted by Gasteiger charge is 2.31. The minimum atomic E-state index is -0.693. The monoisotopic (exact) mass is 331 g/mol. The van der Waals surface area contributed by atoms with Crippen molar-refractivity contribution in [2.45, 2.75) is 44.8 Å². The fraction of sp³-hybridized carbons (Fsp3) is 0.632. The van der Waals surface area contributed by atoms with Crippen molar-refractivity contribution in [3.63, 3.8) is 0 Å². The Hall–Kier alpha value is -1.59. The van der Waals surface area contributed by atoms with Crippen LogP contribution in [0.1, 0.15) is 37.8 Å². The number of hydrogen-bond acceptors (Lipinski definition) is 3. The quantitative estimate of drug-likeness (QED) is 0.885. The molecule has 5 nitrogen and oxygen atoms in total. The number of carbonyl (C=O) groups is 1. The molecule has 2 atom stereocenters. The maximum atomic E-state index is 12.5. The normalized spacial score (nSPS) is 24.2. The van der Waals surface area contributed by atoms with Crippen LogP contribution in [-0.2, 0) is 6.42 Å². The average Bonchev–Trinajstić information content (AvgIpc) is 2.46. The summed E-state index contributed by atoms with van der Waals surface area (Å²) < 4.78 is 0. The van der Waals surface area contributed by atoms with E-state index in [4.69, 9.17) is 0 Å². The molecule has 0 unspecified atom stereocenters. The molecule has 1 saturated heterocycles. The van der Waals surface area contributed by atoms with Crippen LogP contribution in [0.25, 0.3) is 0 Å². The zero-order chi connectivity index (χ0) is 17.3. The average molecular weight is 331 g/mol. The molecule has 2 amide bonds. The second-order valence-electron chi connectivity index (χ2n) is 7.88. The first-order valence-electron chi connectivity index (χ1n) is 8.90. The molecule has 1 aliphatic heterocycles. The van der Waals surface area contributed by atoms with Gasteiger partial charge in [-0.05, 0) is 38.3 Å². The summed E-state index contributed by atoms with van der Waals surface area (Å²) in [5.41, 5.74) is 2.09. The molecule has 1 aliphatic carbocycles. The Balaban J connectivity index is 1.46. The molecule has 3 rings (SSSR count). The zero-order valence-corrected chi connectivity index (χ0v) is 15.0. The summed E-state index contributed by atoms with van der Waals surface area (Å²) in [5, 5.41) is 13.1. The summed E-state index contributed by atoms with van der Waals surface area (Å²) in [7, 11) is 0. The van der Waals surface area contributed by atoms with E-state index in [0.717, 1.165) is 19.5 Å². The van der Waals surface area contributed by atoms with Crippen molar-refractivity contribution >= 4 is 6.03 Å². The lowest BCUT2D eigenvalue weighted by Gasteiger charge is -2.42. The van der Waals surface area contributed by atoms with E-state index in [1.807, 2.05) is 18.7 Å². The third-order valence-corrected chi connectivity index (χ3v) is 5.04. The van der Waals surface area contributed by atoms with E-state index in [9.17, 15) is 9.90 Å². The molecule has 5 heteroatoms. The van der Waals surface area contributed by atoms with E-state index in [0.29, 0.717) is 25.6 Å². The number of urea groups is 1. The Kier molecular flexibility index (Phi) is 4.83. The lowest BCUT2D eigenvalue weighted by Crippen LogP contribution is -2.58. The first-order valence-corrected chi connectivity index (χ1v) is 8.90. The number of nitrogens with one attached hydrogen (secondary N) is 1. The highest BCUT2D eigenvalue weighted by atomic mass is 16.3. The molecule has 0 aromatic heterocycles. The van der Waals surface area contributed by atoms with Crippen molar-refractivity contribution in [1.82, 2.24) is 15.1 Å². The third-order valence-electron chi connectivity index (χ3n) is 5.04. The van der Waals surface area contributed by atoms with Crippen LogP contribution in [0.4, 0.5) is 4.79 Å². The van der Waals surface area contributed by atoms with Gasteiger partial charge in [0.2, 0.25) is 0 Å². The number of hydrogen-bond donors (Lipinski definition) is 2. The number of rotatable bonds is 4. The van der Waals surface area contributed by atoms with Crippen molar-refractivity contribution in [2.24, 2.45) is 0 Å². The predicted molar refractivity (Wildman–Crippen MR) is 95.2 cm³/mol. The number of aliphatic hydroxyl groups is 1. The Morgan fingerprint density at radius 1 is 1.33 bits per heavy atom. The van der Waals surface area contributed by atoms with E-state index in [2.05, 4.69) is 41.4 Å². The van der Waals surface area contributed by atoms with Gasteiger partial charge in [-0.25, -0.2) is 4.79 Å². The number of piperazine rings is 1. The Morgan fingerprint density at radius 2 is 2.08 bits per heavy atom. The molecular weight excluding hydrogens is 302 g/mol. The summed E-state index contributed by atoms with van der Waals surface area (Å²) in [6.07, 6.45) is 1.06. The fourth-order valence-corrected chi connectivity index (χ4v) is 3.88. The number of amides is 2. The highest BCUT2D eigenvalue weighted by molar-refractivity contribution is 5.74. The summed E-state index contributed by atoms with van der Waals surface area (Å²) in [5.74, 6) is 0.455. The lowest BCUT2D eigenvalue weighted by atomic mass is 9.78. The van der Waals surface area contributed by atoms with Crippen LogP contribution < -0.4 is 5.32 Å². The summed E-state index contributed by atoms with van der Waals surface area (Å²) in [4.78, 5) is 16.7. The largest absolute Gasteiger partial charge is 0.389 e. The van der Waals surface area contributed by atoms with Gasteiger partial charge in [-0.1, -0.05) is 24.3 Å². The second kappa shape index (κ2) is 6.73. The van der Waals surface area contributed by atoms with Gasteiger partial charge in [0.05, 0.1) is 5.60 Å². The summed E-state index contributed by atoms with van der Waals surface area (Å²) >= 11 is 0. The van der Waals surface area contributed by atoms with E-state index >= 15 is 0 Å². The second-order valence-corrected chi connectivity index (χ2v) is 7.88. The third kappa shape index (κ3) is 3.90.